The lowest BCUT2D eigenvalue weighted by Crippen LogP contribution is -2.50. The number of ether oxygens (including phenoxy) is 3. The number of amides is 1. The maximum atomic E-state index is 12.2. The van der Waals surface area contributed by atoms with E-state index in [1.54, 1.807) is 7.11 Å². The minimum Gasteiger partial charge on any atom is -0.496 e. The van der Waals surface area contributed by atoms with Gasteiger partial charge in [-0.15, -0.1) is 0 Å². The highest BCUT2D eigenvalue weighted by Gasteiger charge is 2.28. The van der Waals surface area contributed by atoms with Crippen LogP contribution in [0.15, 0.2) is 24.3 Å². The highest BCUT2D eigenvalue weighted by atomic mass is 16.5. The molecule has 1 aromatic carbocycles. The zero-order valence-electron chi connectivity index (χ0n) is 13.7. The molecular formula is C17H23NO6. The van der Waals surface area contributed by atoms with Crippen LogP contribution in [0.5, 0.6) is 5.75 Å². The summed E-state index contributed by atoms with van der Waals surface area (Å²) in [6, 6.07) is 7.35. The molecule has 0 bridgehead atoms. The van der Waals surface area contributed by atoms with E-state index in [4.69, 9.17) is 19.3 Å². The predicted octanol–water partition coefficient (Wildman–Crippen LogP) is 1.00. The molecule has 1 aliphatic rings. The summed E-state index contributed by atoms with van der Waals surface area (Å²) in [4.78, 5) is 22.8. The van der Waals surface area contributed by atoms with Gasteiger partial charge in [0.15, 0.2) is 0 Å². The normalized spacial score (nSPS) is 20.4. The third kappa shape index (κ3) is 5.50. The first-order chi connectivity index (χ1) is 11.6. The van der Waals surface area contributed by atoms with Gasteiger partial charge in [-0.2, -0.15) is 0 Å². The lowest BCUT2D eigenvalue weighted by Gasteiger charge is -2.31. The van der Waals surface area contributed by atoms with Gasteiger partial charge < -0.3 is 24.6 Å². The first-order valence-electron chi connectivity index (χ1n) is 7.92. The smallest absolute Gasteiger partial charge is 0.329 e. The van der Waals surface area contributed by atoms with E-state index in [9.17, 15) is 9.59 Å². The monoisotopic (exact) mass is 337 g/mol. The van der Waals surface area contributed by atoms with Crippen LogP contribution in [0.1, 0.15) is 18.4 Å². The van der Waals surface area contributed by atoms with Crippen molar-refractivity contribution in [2.75, 3.05) is 26.9 Å². The Bertz CT molecular complexity index is 562. The van der Waals surface area contributed by atoms with Crippen molar-refractivity contribution in [3.63, 3.8) is 0 Å². The number of aryl methyl sites for hydroxylation is 1. The maximum absolute atomic E-state index is 12.2. The topological polar surface area (TPSA) is 94.1 Å². The molecule has 7 heteroatoms. The molecule has 1 fully saturated rings. The van der Waals surface area contributed by atoms with Gasteiger partial charge in [0, 0.05) is 13.0 Å². The molecule has 0 spiro atoms. The second kappa shape index (κ2) is 9.24. The van der Waals surface area contributed by atoms with Gasteiger partial charge in [-0.25, -0.2) is 4.79 Å². The van der Waals surface area contributed by atoms with Crippen LogP contribution in [0, 0.1) is 0 Å². The number of carboxylic acids is 1. The molecule has 0 saturated carbocycles. The molecule has 2 rings (SSSR count). The van der Waals surface area contributed by atoms with E-state index < -0.39 is 18.7 Å². The molecule has 1 amide bonds. The number of hydrogen-bond acceptors (Lipinski definition) is 5. The lowest BCUT2D eigenvalue weighted by atomic mass is 10.0. The molecular weight excluding hydrogens is 314 g/mol. The molecule has 2 atom stereocenters. The van der Waals surface area contributed by atoms with E-state index in [1.165, 1.54) is 0 Å². The summed E-state index contributed by atoms with van der Waals surface area (Å²) in [7, 11) is 1.60. The van der Waals surface area contributed by atoms with Gasteiger partial charge >= 0.3 is 5.97 Å². The Hall–Kier alpha value is -2.12. The number of benzene rings is 1. The summed E-state index contributed by atoms with van der Waals surface area (Å²) in [6.45, 7) is 0.400. The summed E-state index contributed by atoms with van der Waals surface area (Å²) in [6.07, 6.45) is 1.05. The molecule has 1 saturated heterocycles. The van der Waals surface area contributed by atoms with Gasteiger partial charge in [-0.3, -0.25) is 4.79 Å². The van der Waals surface area contributed by atoms with Crippen molar-refractivity contribution in [1.82, 2.24) is 5.32 Å². The van der Waals surface area contributed by atoms with E-state index >= 15 is 0 Å². The third-order valence-corrected chi connectivity index (χ3v) is 3.89. The van der Waals surface area contributed by atoms with Gasteiger partial charge in [-0.05, 0) is 24.5 Å². The van der Waals surface area contributed by atoms with Gasteiger partial charge in [0.2, 0.25) is 5.91 Å². The van der Waals surface area contributed by atoms with Crippen LogP contribution >= 0.6 is 0 Å². The fraction of sp³-hybridized carbons (Fsp3) is 0.529. The largest absolute Gasteiger partial charge is 0.496 e. The quantitative estimate of drug-likeness (QED) is 0.735. The number of rotatable bonds is 8. The number of aliphatic carboxylic acids is 1. The van der Waals surface area contributed by atoms with E-state index in [0.29, 0.717) is 25.9 Å². The van der Waals surface area contributed by atoms with Gasteiger partial charge in [-0.1, -0.05) is 18.2 Å². The third-order valence-electron chi connectivity index (χ3n) is 3.89. The predicted molar refractivity (Wildman–Crippen MR) is 86.1 cm³/mol. The molecule has 1 heterocycles. The van der Waals surface area contributed by atoms with Crippen LogP contribution in [0.3, 0.4) is 0 Å². The molecule has 7 nitrogen and oxygen atoms in total. The van der Waals surface area contributed by atoms with Gasteiger partial charge in [0.05, 0.1) is 19.8 Å². The standard InChI is InChI=1S/C17H23NO6/c1-22-14-5-3-2-4-12(14)6-7-16(19)18-13-8-9-23-10-15(13)24-11-17(20)21/h2-5,13,15H,6-11H2,1H3,(H,18,19)(H,20,21)/t13-,15-/m1/s1. The summed E-state index contributed by atoms with van der Waals surface area (Å²) >= 11 is 0. The summed E-state index contributed by atoms with van der Waals surface area (Å²) in [5.41, 5.74) is 0.973. The number of nitrogens with one attached hydrogen (secondary N) is 1. The van der Waals surface area contributed by atoms with Crippen molar-refractivity contribution in [3.8, 4) is 5.75 Å². The Morgan fingerprint density at radius 3 is 2.92 bits per heavy atom. The number of carbonyl (C=O) groups excluding carboxylic acids is 1. The Balaban J connectivity index is 1.84. The second-order valence-electron chi connectivity index (χ2n) is 5.59. The average molecular weight is 337 g/mol. The number of carboxylic acid groups (broad SMARTS) is 1. The Morgan fingerprint density at radius 2 is 2.17 bits per heavy atom. The summed E-state index contributed by atoms with van der Waals surface area (Å²) < 4.78 is 15.9. The van der Waals surface area contributed by atoms with Crippen LogP contribution < -0.4 is 10.1 Å². The van der Waals surface area contributed by atoms with Crippen molar-refractivity contribution in [2.24, 2.45) is 0 Å². The molecule has 0 aromatic heterocycles. The lowest BCUT2D eigenvalue weighted by molar-refractivity contribution is -0.149. The zero-order chi connectivity index (χ0) is 17.4. The molecule has 0 unspecified atom stereocenters. The van der Waals surface area contributed by atoms with Crippen LogP contribution in [-0.4, -0.2) is 56.1 Å². The number of para-hydroxylation sites is 1. The number of hydrogen-bond donors (Lipinski definition) is 2. The fourth-order valence-corrected chi connectivity index (χ4v) is 2.66. The van der Waals surface area contributed by atoms with E-state index in [-0.39, 0.29) is 18.6 Å². The maximum Gasteiger partial charge on any atom is 0.329 e. The Morgan fingerprint density at radius 1 is 1.38 bits per heavy atom. The van der Waals surface area contributed by atoms with Crippen molar-refractivity contribution in [3.05, 3.63) is 29.8 Å². The van der Waals surface area contributed by atoms with Crippen molar-refractivity contribution in [2.45, 2.75) is 31.4 Å². The van der Waals surface area contributed by atoms with Crippen molar-refractivity contribution in [1.29, 1.82) is 0 Å². The summed E-state index contributed by atoms with van der Waals surface area (Å²) in [5.74, 6) is -0.377. The molecule has 1 aromatic rings. The molecule has 24 heavy (non-hydrogen) atoms. The second-order valence-corrected chi connectivity index (χ2v) is 5.59. The van der Waals surface area contributed by atoms with Crippen LogP contribution in [0.2, 0.25) is 0 Å². The Labute approximate surface area is 140 Å². The highest BCUT2D eigenvalue weighted by molar-refractivity contribution is 5.76. The summed E-state index contributed by atoms with van der Waals surface area (Å²) in [5, 5.41) is 11.6. The SMILES string of the molecule is COc1ccccc1CCC(=O)N[C@@H]1CCOC[C@H]1OCC(=O)O. The molecule has 0 radical (unpaired) electrons. The van der Waals surface area contributed by atoms with Crippen molar-refractivity contribution >= 4 is 11.9 Å². The first kappa shape index (κ1) is 18.2. The molecule has 132 valence electrons. The van der Waals surface area contributed by atoms with E-state index in [1.807, 2.05) is 24.3 Å². The molecule has 0 aliphatic carbocycles. The van der Waals surface area contributed by atoms with Gasteiger partial charge in [0.25, 0.3) is 0 Å². The first-order valence-corrected chi connectivity index (χ1v) is 7.92. The minimum atomic E-state index is -1.04. The van der Waals surface area contributed by atoms with Crippen LogP contribution in [0.4, 0.5) is 0 Å². The fourth-order valence-electron chi connectivity index (χ4n) is 2.66. The Kier molecular flexibility index (Phi) is 7.02. The van der Waals surface area contributed by atoms with Crippen LogP contribution in [0.25, 0.3) is 0 Å². The average Bonchev–Trinajstić information content (AvgIpc) is 2.59. The highest BCUT2D eigenvalue weighted by Crippen LogP contribution is 2.19. The van der Waals surface area contributed by atoms with Gasteiger partial charge in [0.1, 0.15) is 18.5 Å². The van der Waals surface area contributed by atoms with Crippen molar-refractivity contribution < 1.29 is 28.9 Å². The molecule has 2 N–H and O–H groups in total. The number of carbonyl (C=O) groups is 2. The molecule has 1 aliphatic heterocycles. The number of methoxy groups -OCH3 is 1. The van der Waals surface area contributed by atoms with E-state index in [2.05, 4.69) is 5.32 Å². The van der Waals surface area contributed by atoms with E-state index in [0.717, 1.165) is 11.3 Å². The minimum absolute atomic E-state index is 0.100. The zero-order valence-corrected chi connectivity index (χ0v) is 13.7. The van der Waals surface area contributed by atoms with Crippen LogP contribution in [-0.2, 0) is 25.5 Å².